The summed E-state index contributed by atoms with van der Waals surface area (Å²) in [5, 5.41) is 11.7. The van der Waals surface area contributed by atoms with Gasteiger partial charge in [-0.3, -0.25) is 9.59 Å². The molecule has 0 atom stereocenters. The number of nitrogens with zero attached hydrogens (tertiary/aromatic N) is 1. The molecule has 0 saturated heterocycles. The third-order valence-electron chi connectivity index (χ3n) is 2.36. The van der Waals surface area contributed by atoms with Crippen LogP contribution in [0.15, 0.2) is 29.8 Å². The molecule has 0 heterocycles. The first-order valence-corrected chi connectivity index (χ1v) is 6.36. The molecule has 0 aliphatic rings. The van der Waals surface area contributed by atoms with Gasteiger partial charge in [-0.15, -0.1) is 0 Å². The molecule has 1 aromatic carbocycles. The van der Waals surface area contributed by atoms with Crippen molar-refractivity contribution in [3.05, 3.63) is 35.4 Å². The Morgan fingerprint density at radius 1 is 1.38 bits per heavy atom. The fourth-order valence-corrected chi connectivity index (χ4v) is 1.47. The molecule has 0 bridgehead atoms. The molecule has 2 amide bonds. The van der Waals surface area contributed by atoms with Crippen LogP contribution in [0.4, 0.5) is 0 Å². The van der Waals surface area contributed by atoms with Crippen molar-refractivity contribution in [3.8, 4) is 11.8 Å². The van der Waals surface area contributed by atoms with E-state index in [1.807, 2.05) is 19.9 Å². The molecule has 21 heavy (non-hydrogen) atoms. The summed E-state index contributed by atoms with van der Waals surface area (Å²) >= 11 is 0. The quantitative estimate of drug-likeness (QED) is 0.601. The van der Waals surface area contributed by atoms with Crippen molar-refractivity contribution in [2.75, 3.05) is 6.61 Å². The SMILES string of the molecule is CC(C)NC(=O)/C(C#N)=C/c1ccc(OCC(N)=O)cc1. The highest BCUT2D eigenvalue weighted by Gasteiger charge is 2.09. The lowest BCUT2D eigenvalue weighted by Crippen LogP contribution is -2.30. The number of carbonyl (C=O) groups excluding carboxylic acids is 2. The van der Waals surface area contributed by atoms with Gasteiger partial charge in [-0.2, -0.15) is 5.26 Å². The van der Waals surface area contributed by atoms with E-state index in [4.69, 9.17) is 15.7 Å². The molecular weight excluding hydrogens is 270 g/mol. The van der Waals surface area contributed by atoms with Crippen LogP contribution in [0.5, 0.6) is 5.75 Å². The molecule has 1 aromatic rings. The Kier molecular flexibility index (Phi) is 5.96. The van der Waals surface area contributed by atoms with Crippen LogP contribution in [0.2, 0.25) is 0 Å². The Morgan fingerprint density at radius 3 is 2.48 bits per heavy atom. The van der Waals surface area contributed by atoms with Crippen LogP contribution < -0.4 is 15.8 Å². The standard InChI is InChI=1S/C15H17N3O3/c1-10(2)18-15(20)12(8-16)7-11-3-5-13(6-4-11)21-9-14(17)19/h3-7,10H,9H2,1-2H3,(H2,17,19)(H,18,20)/b12-7+. The number of primary amides is 1. The van der Waals surface area contributed by atoms with Crippen LogP contribution in [-0.2, 0) is 9.59 Å². The maximum absolute atomic E-state index is 11.8. The Hall–Kier alpha value is -2.81. The lowest BCUT2D eigenvalue weighted by molar-refractivity contribution is -0.120. The number of amides is 2. The lowest BCUT2D eigenvalue weighted by Gasteiger charge is -2.07. The van der Waals surface area contributed by atoms with Crippen LogP contribution in [0.3, 0.4) is 0 Å². The minimum atomic E-state index is -0.559. The third kappa shape index (κ3) is 5.78. The van der Waals surface area contributed by atoms with Crippen LogP contribution in [-0.4, -0.2) is 24.5 Å². The Morgan fingerprint density at radius 2 is 2.00 bits per heavy atom. The monoisotopic (exact) mass is 287 g/mol. The second kappa shape index (κ2) is 7.70. The highest BCUT2D eigenvalue weighted by atomic mass is 16.5. The van der Waals surface area contributed by atoms with E-state index in [0.29, 0.717) is 11.3 Å². The minimum Gasteiger partial charge on any atom is -0.484 e. The van der Waals surface area contributed by atoms with Crippen molar-refractivity contribution in [3.63, 3.8) is 0 Å². The number of nitrogens with two attached hydrogens (primary N) is 1. The van der Waals surface area contributed by atoms with Gasteiger partial charge in [0, 0.05) is 6.04 Å². The molecule has 0 fully saturated rings. The van der Waals surface area contributed by atoms with Gasteiger partial charge < -0.3 is 15.8 Å². The predicted octanol–water partition coefficient (Wildman–Crippen LogP) is 0.982. The van der Waals surface area contributed by atoms with Gasteiger partial charge in [0.1, 0.15) is 17.4 Å². The molecule has 0 aliphatic carbocycles. The summed E-state index contributed by atoms with van der Waals surface area (Å²) in [5.41, 5.74) is 5.67. The lowest BCUT2D eigenvalue weighted by atomic mass is 10.1. The van der Waals surface area contributed by atoms with Gasteiger partial charge in [0.25, 0.3) is 11.8 Å². The van der Waals surface area contributed by atoms with Gasteiger partial charge in [0.05, 0.1) is 0 Å². The number of nitriles is 1. The van der Waals surface area contributed by atoms with Crippen molar-refractivity contribution in [2.45, 2.75) is 19.9 Å². The summed E-state index contributed by atoms with van der Waals surface area (Å²) < 4.78 is 5.11. The van der Waals surface area contributed by atoms with Gasteiger partial charge in [-0.1, -0.05) is 12.1 Å². The predicted molar refractivity (Wildman–Crippen MR) is 78.0 cm³/mol. The first kappa shape index (κ1) is 16.2. The average Bonchev–Trinajstić information content (AvgIpc) is 2.42. The molecule has 0 spiro atoms. The van der Waals surface area contributed by atoms with E-state index in [-0.39, 0.29) is 18.2 Å². The number of carbonyl (C=O) groups is 2. The largest absolute Gasteiger partial charge is 0.484 e. The summed E-state index contributed by atoms with van der Waals surface area (Å²) in [6.07, 6.45) is 1.48. The van der Waals surface area contributed by atoms with Crippen molar-refractivity contribution < 1.29 is 14.3 Å². The summed E-state index contributed by atoms with van der Waals surface area (Å²) in [6.45, 7) is 3.44. The van der Waals surface area contributed by atoms with E-state index in [1.54, 1.807) is 24.3 Å². The Labute approximate surface area is 123 Å². The normalized spacial score (nSPS) is 10.9. The Balaban J connectivity index is 2.80. The second-order valence-corrected chi connectivity index (χ2v) is 4.62. The fraction of sp³-hybridized carbons (Fsp3) is 0.267. The van der Waals surface area contributed by atoms with Gasteiger partial charge >= 0.3 is 0 Å². The molecule has 0 aliphatic heterocycles. The molecule has 110 valence electrons. The first-order valence-electron chi connectivity index (χ1n) is 6.36. The van der Waals surface area contributed by atoms with Crippen LogP contribution in [0.25, 0.3) is 6.08 Å². The zero-order valence-corrected chi connectivity index (χ0v) is 11.9. The number of rotatable bonds is 6. The summed E-state index contributed by atoms with van der Waals surface area (Å²) in [4.78, 5) is 22.3. The van der Waals surface area contributed by atoms with E-state index < -0.39 is 11.8 Å². The summed E-state index contributed by atoms with van der Waals surface area (Å²) in [6, 6.07) is 8.44. The average molecular weight is 287 g/mol. The van der Waals surface area contributed by atoms with E-state index >= 15 is 0 Å². The molecule has 0 unspecified atom stereocenters. The molecule has 6 heteroatoms. The van der Waals surface area contributed by atoms with E-state index in [1.165, 1.54) is 6.08 Å². The number of nitrogens with one attached hydrogen (secondary N) is 1. The molecule has 1 rings (SSSR count). The molecule has 6 nitrogen and oxygen atoms in total. The van der Waals surface area contributed by atoms with E-state index in [2.05, 4.69) is 5.32 Å². The maximum Gasteiger partial charge on any atom is 0.262 e. The van der Waals surface area contributed by atoms with Crippen LogP contribution in [0, 0.1) is 11.3 Å². The number of hydrogen-bond acceptors (Lipinski definition) is 4. The smallest absolute Gasteiger partial charge is 0.262 e. The summed E-state index contributed by atoms with van der Waals surface area (Å²) in [5.74, 6) is -0.492. The first-order chi connectivity index (χ1) is 9.92. The number of benzene rings is 1. The second-order valence-electron chi connectivity index (χ2n) is 4.62. The van der Waals surface area contributed by atoms with Crippen molar-refractivity contribution in [2.24, 2.45) is 5.73 Å². The fourth-order valence-electron chi connectivity index (χ4n) is 1.47. The van der Waals surface area contributed by atoms with E-state index in [9.17, 15) is 9.59 Å². The van der Waals surface area contributed by atoms with Gasteiger partial charge in [0.15, 0.2) is 6.61 Å². The van der Waals surface area contributed by atoms with Crippen molar-refractivity contribution in [1.29, 1.82) is 5.26 Å². The molecule has 3 N–H and O–H groups in total. The molecule has 0 radical (unpaired) electrons. The minimum absolute atomic E-state index is 0.0227. The van der Waals surface area contributed by atoms with Gasteiger partial charge in [-0.25, -0.2) is 0 Å². The zero-order valence-electron chi connectivity index (χ0n) is 11.9. The molecular formula is C15H17N3O3. The van der Waals surface area contributed by atoms with Gasteiger partial charge in [-0.05, 0) is 37.6 Å². The van der Waals surface area contributed by atoms with Crippen molar-refractivity contribution >= 4 is 17.9 Å². The number of ether oxygens (including phenoxy) is 1. The zero-order chi connectivity index (χ0) is 15.8. The molecule has 0 aromatic heterocycles. The Bertz CT molecular complexity index is 583. The molecule has 0 saturated carbocycles. The highest BCUT2D eigenvalue weighted by molar-refractivity contribution is 6.01. The van der Waals surface area contributed by atoms with Crippen LogP contribution in [0.1, 0.15) is 19.4 Å². The van der Waals surface area contributed by atoms with E-state index in [0.717, 1.165) is 0 Å². The summed E-state index contributed by atoms with van der Waals surface area (Å²) in [7, 11) is 0. The van der Waals surface area contributed by atoms with Crippen LogP contribution >= 0.6 is 0 Å². The topological polar surface area (TPSA) is 105 Å². The van der Waals surface area contributed by atoms with Gasteiger partial charge in [0.2, 0.25) is 0 Å². The highest BCUT2D eigenvalue weighted by Crippen LogP contribution is 2.14. The van der Waals surface area contributed by atoms with Crippen molar-refractivity contribution in [1.82, 2.24) is 5.32 Å². The number of hydrogen-bond donors (Lipinski definition) is 2. The third-order valence-corrected chi connectivity index (χ3v) is 2.36. The maximum atomic E-state index is 11.8.